The quantitative estimate of drug-likeness (QED) is 0.432. The van der Waals surface area contributed by atoms with Crippen LogP contribution in [0.2, 0.25) is 0 Å². The van der Waals surface area contributed by atoms with Gasteiger partial charge in [0.15, 0.2) is 0 Å². The Kier molecular flexibility index (Phi) is 4.97. The third kappa shape index (κ3) is 2.98. The van der Waals surface area contributed by atoms with E-state index in [1.807, 2.05) is 6.33 Å². The van der Waals surface area contributed by atoms with Crippen LogP contribution in [0.1, 0.15) is 47.0 Å². The average molecular weight is 394 g/mol. The molecule has 1 saturated heterocycles. The number of likely N-dealkylation sites (tertiary alicyclic amines) is 1. The number of H-pyrrole nitrogens is 1. The summed E-state index contributed by atoms with van der Waals surface area (Å²) < 4.78 is 0. The average Bonchev–Trinajstić information content (AvgIpc) is 3.46. The van der Waals surface area contributed by atoms with Gasteiger partial charge in [-0.3, -0.25) is 4.90 Å². The molecule has 5 rings (SSSR count). The molecule has 0 spiro atoms. The molecule has 1 N–H and O–H groups in total. The zero-order chi connectivity index (χ0) is 20.4. The predicted molar refractivity (Wildman–Crippen MR) is 121 cm³/mol. The van der Waals surface area contributed by atoms with Gasteiger partial charge in [-0.05, 0) is 36.5 Å². The van der Waals surface area contributed by atoms with Gasteiger partial charge in [-0.2, -0.15) is 0 Å². The second-order valence-electron chi connectivity index (χ2n) is 8.06. The minimum atomic E-state index is -0.373. The molecule has 3 aromatic carbocycles. The summed E-state index contributed by atoms with van der Waals surface area (Å²) in [5, 5.41) is 0. The molecule has 1 fully saturated rings. The lowest BCUT2D eigenvalue weighted by molar-refractivity contribution is 0.138. The maximum absolute atomic E-state index is 4.51. The van der Waals surface area contributed by atoms with Crippen LogP contribution in [0.5, 0.6) is 0 Å². The van der Waals surface area contributed by atoms with Crippen molar-refractivity contribution in [2.24, 2.45) is 0 Å². The van der Waals surface area contributed by atoms with Crippen LogP contribution in [0.3, 0.4) is 0 Å². The molecule has 0 bridgehead atoms. The van der Waals surface area contributed by atoms with Crippen molar-refractivity contribution in [3.8, 4) is 0 Å². The molecule has 0 unspecified atom stereocenters. The molecule has 4 aromatic rings. The van der Waals surface area contributed by atoms with Crippen LogP contribution < -0.4 is 0 Å². The Morgan fingerprint density at radius 2 is 1.30 bits per heavy atom. The first kappa shape index (κ1) is 18.8. The molecule has 3 nitrogen and oxygen atoms in total. The molecule has 3 heteroatoms. The Morgan fingerprint density at radius 3 is 1.73 bits per heavy atom. The van der Waals surface area contributed by atoms with Gasteiger partial charge in [0.05, 0.1) is 29.3 Å². The van der Waals surface area contributed by atoms with E-state index in [0.29, 0.717) is 0 Å². The maximum atomic E-state index is 4.51. The number of aromatic nitrogens is 2. The normalized spacial score (nSPS) is 17.3. The van der Waals surface area contributed by atoms with Gasteiger partial charge in [0.25, 0.3) is 0 Å². The molecule has 2 heterocycles. The first-order valence-corrected chi connectivity index (χ1v) is 10.7. The molecular weight excluding hydrogens is 366 g/mol. The monoisotopic (exact) mass is 393 g/mol. The number of nitrogens with one attached hydrogen (secondary N) is 1. The summed E-state index contributed by atoms with van der Waals surface area (Å²) >= 11 is 0. The zero-order valence-corrected chi connectivity index (χ0v) is 17.3. The second-order valence-corrected chi connectivity index (χ2v) is 8.06. The SMILES string of the molecule is Cc1nc[nH]c1[C@@H]1CCCN1C(c1ccccc1)(c1ccccc1)c1ccccc1. The van der Waals surface area contributed by atoms with Crippen LogP contribution in [0.25, 0.3) is 0 Å². The fraction of sp³-hybridized carbons (Fsp3) is 0.222. The molecule has 0 radical (unpaired) electrons. The van der Waals surface area contributed by atoms with E-state index in [0.717, 1.165) is 25.1 Å². The van der Waals surface area contributed by atoms with Gasteiger partial charge in [-0.15, -0.1) is 0 Å². The van der Waals surface area contributed by atoms with Gasteiger partial charge in [0.1, 0.15) is 0 Å². The Balaban J connectivity index is 1.81. The summed E-state index contributed by atoms with van der Waals surface area (Å²) in [5.41, 5.74) is 5.85. The second kappa shape index (κ2) is 7.92. The highest BCUT2D eigenvalue weighted by Crippen LogP contribution is 2.49. The number of imidazole rings is 1. The molecule has 1 aromatic heterocycles. The van der Waals surface area contributed by atoms with Crippen LogP contribution in [0, 0.1) is 6.92 Å². The summed E-state index contributed by atoms with van der Waals surface area (Å²) in [4.78, 5) is 10.7. The van der Waals surface area contributed by atoms with Gasteiger partial charge in [0, 0.05) is 6.54 Å². The van der Waals surface area contributed by atoms with Gasteiger partial charge < -0.3 is 4.98 Å². The number of benzene rings is 3. The first-order chi connectivity index (χ1) is 14.8. The van der Waals surface area contributed by atoms with E-state index in [1.54, 1.807) is 0 Å². The van der Waals surface area contributed by atoms with Gasteiger partial charge >= 0.3 is 0 Å². The van der Waals surface area contributed by atoms with E-state index in [4.69, 9.17) is 0 Å². The molecule has 1 aliphatic rings. The van der Waals surface area contributed by atoms with Crippen LogP contribution in [-0.2, 0) is 5.54 Å². The Labute approximate surface area is 178 Å². The van der Waals surface area contributed by atoms with Crippen molar-refractivity contribution in [2.75, 3.05) is 6.54 Å². The highest BCUT2D eigenvalue weighted by molar-refractivity contribution is 5.50. The van der Waals surface area contributed by atoms with Crippen molar-refractivity contribution in [1.82, 2.24) is 14.9 Å². The number of aromatic amines is 1. The minimum Gasteiger partial charge on any atom is -0.347 e. The molecular formula is C27H27N3. The fourth-order valence-electron chi connectivity index (χ4n) is 5.21. The van der Waals surface area contributed by atoms with Crippen molar-refractivity contribution in [1.29, 1.82) is 0 Å². The van der Waals surface area contributed by atoms with Crippen molar-refractivity contribution < 1.29 is 0 Å². The lowest BCUT2D eigenvalue weighted by Crippen LogP contribution is -2.47. The lowest BCUT2D eigenvalue weighted by Gasteiger charge is -2.46. The summed E-state index contributed by atoms with van der Waals surface area (Å²) in [6.45, 7) is 3.14. The van der Waals surface area contributed by atoms with Crippen LogP contribution in [0.4, 0.5) is 0 Å². The van der Waals surface area contributed by atoms with E-state index >= 15 is 0 Å². The summed E-state index contributed by atoms with van der Waals surface area (Å²) in [6.07, 6.45) is 4.12. The molecule has 1 aliphatic heterocycles. The van der Waals surface area contributed by atoms with Gasteiger partial charge in [0.2, 0.25) is 0 Å². The van der Waals surface area contributed by atoms with E-state index in [9.17, 15) is 0 Å². The summed E-state index contributed by atoms with van der Waals surface area (Å²) in [5.74, 6) is 0. The molecule has 0 saturated carbocycles. The third-order valence-electron chi connectivity index (χ3n) is 6.46. The van der Waals surface area contributed by atoms with Gasteiger partial charge in [-0.1, -0.05) is 91.0 Å². The predicted octanol–water partition coefficient (Wildman–Crippen LogP) is 5.85. The fourth-order valence-corrected chi connectivity index (χ4v) is 5.21. The largest absolute Gasteiger partial charge is 0.347 e. The molecule has 1 atom stereocenters. The number of rotatable bonds is 5. The lowest BCUT2D eigenvalue weighted by atomic mass is 9.75. The number of hydrogen-bond donors (Lipinski definition) is 1. The molecule has 0 amide bonds. The highest BCUT2D eigenvalue weighted by Gasteiger charge is 2.47. The van der Waals surface area contributed by atoms with Gasteiger partial charge in [-0.25, -0.2) is 4.98 Å². The third-order valence-corrected chi connectivity index (χ3v) is 6.46. The number of aryl methyl sites for hydroxylation is 1. The first-order valence-electron chi connectivity index (χ1n) is 10.7. The summed E-state index contributed by atoms with van der Waals surface area (Å²) in [7, 11) is 0. The van der Waals surface area contributed by atoms with Crippen molar-refractivity contribution >= 4 is 0 Å². The van der Waals surface area contributed by atoms with Crippen LogP contribution in [0.15, 0.2) is 97.3 Å². The number of nitrogens with zero attached hydrogens (tertiary/aromatic N) is 2. The minimum absolute atomic E-state index is 0.285. The van der Waals surface area contributed by atoms with E-state index in [-0.39, 0.29) is 11.6 Å². The van der Waals surface area contributed by atoms with Crippen molar-refractivity contribution in [3.05, 3.63) is 125 Å². The summed E-state index contributed by atoms with van der Waals surface area (Å²) in [6, 6.07) is 33.2. The smallest absolute Gasteiger partial charge is 0.0978 e. The standard InChI is InChI=1S/C27H27N3/c1-21-26(29-20-28-21)25-18-11-19-30(25)27(22-12-5-2-6-13-22,23-14-7-3-8-15-23)24-16-9-4-10-17-24/h2-10,12-17,20,25H,11,18-19H2,1H3,(H,28,29)/t25-/m0/s1. The van der Waals surface area contributed by atoms with Crippen molar-refractivity contribution in [2.45, 2.75) is 31.3 Å². The topological polar surface area (TPSA) is 31.9 Å². The van der Waals surface area contributed by atoms with Crippen LogP contribution >= 0.6 is 0 Å². The van der Waals surface area contributed by atoms with Crippen molar-refractivity contribution in [3.63, 3.8) is 0 Å². The van der Waals surface area contributed by atoms with E-state index < -0.39 is 0 Å². The molecule has 150 valence electrons. The highest BCUT2D eigenvalue weighted by atomic mass is 15.3. The number of hydrogen-bond acceptors (Lipinski definition) is 2. The van der Waals surface area contributed by atoms with Crippen LogP contribution in [-0.4, -0.2) is 21.4 Å². The van der Waals surface area contributed by atoms with E-state index in [1.165, 1.54) is 22.4 Å². The maximum Gasteiger partial charge on any atom is 0.0978 e. The zero-order valence-electron chi connectivity index (χ0n) is 17.3. The van der Waals surface area contributed by atoms with E-state index in [2.05, 4.69) is 113 Å². The molecule has 0 aliphatic carbocycles. The Bertz CT molecular complexity index is 990. The molecule has 30 heavy (non-hydrogen) atoms. The Hall–Kier alpha value is -3.17. The Morgan fingerprint density at radius 1 is 0.800 bits per heavy atom.